The highest BCUT2D eigenvalue weighted by molar-refractivity contribution is 5.86. The van der Waals surface area contributed by atoms with Crippen molar-refractivity contribution in [3.8, 4) is 11.3 Å². The molecule has 2 fully saturated rings. The normalized spacial score (nSPS) is 22.6. The number of alkyl halides is 3. The van der Waals surface area contributed by atoms with Crippen molar-refractivity contribution >= 4 is 23.1 Å². The molecule has 0 aliphatic heterocycles. The minimum absolute atomic E-state index is 0.114. The third-order valence-corrected chi connectivity index (χ3v) is 8.70. The number of rotatable bonds is 7. The molecule has 1 atom stereocenters. The van der Waals surface area contributed by atoms with Crippen molar-refractivity contribution < 1.29 is 28.2 Å². The summed E-state index contributed by atoms with van der Waals surface area (Å²) < 4.78 is 41.2. The number of aromatic nitrogens is 4. The molecule has 3 aromatic heterocycles. The van der Waals surface area contributed by atoms with E-state index in [1.165, 1.54) is 13.8 Å². The van der Waals surface area contributed by atoms with Crippen LogP contribution < -0.4 is 16.4 Å². The Hall–Kier alpha value is -4.23. The summed E-state index contributed by atoms with van der Waals surface area (Å²) in [5.74, 6) is 0.613. The molecule has 0 saturated heterocycles. The van der Waals surface area contributed by atoms with E-state index in [-0.39, 0.29) is 11.2 Å². The van der Waals surface area contributed by atoms with Crippen molar-refractivity contribution in [2.24, 2.45) is 0 Å². The molecule has 1 aromatic carbocycles. The van der Waals surface area contributed by atoms with Crippen molar-refractivity contribution in [2.45, 2.75) is 74.9 Å². The Labute approximate surface area is 245 Å². The first-order chi connectivity index (χ1) is 20.2. The Morgan fingerprint density at radius 1 is 1.07 bits per heavy atom. The second kappa shape index (κ2) is 9.91. The van der Waals surface area contributed by atoms with Crippen LogP contribution >= 0.6 is 0 Å². The molecule has 2 bridgehead atoms. The number of nitrogens with zero attached hydrogens (tertiary/aromatic N) is 4. The van der Waals surface area contributed by atoms with Crippen molar-refractivity contribution in [3.63, 3.8) is 0 Å². The van der Waals surface area contributed by atoms with Crippen LogP contribution in [0.3, 0.4) is 0 Å². The molecular formula is C30H32F3N7O3. The highest BCUT2D eigenvalue weighted by Gasteiger charge is 2.58. The number of hydrogen-bond acceptors (Lipinski definition) is 8. The van der Waals surface area contributed by atoms with Gasteiger partial charge in [0.25, 0.3) is 5.91 Å². The van der Waals surface area contributed by atoms with Gasteiger partial charge in [0.1, 0.15) is 34.3 Å². The molecule has 0 radical (unpaired) electrons. The van der Waals surface area contributed by atoms with Gasteiger partial charge in [0.15, 0.2) is 6.23 Å². The number of aliphatic hydroxyl groups excluding tert-OH is 1. The zero-order valence-electron chi connectivity index (χ0n) is 23.6. The Morgan fingerprint density at radius 2 is 1.77 bits per heavy atom. The number of nitrogen functional groups attached to an aromatic ring is 1. The van der Waals surface area contributed by atoms with Crippen molar-refractivity contribution in [3.05, 3.63) is 71.9 Å². The standard InChI is InChI=1S/C30H32F3N7O3/c1-27(2,43)26(42)39-29-10-8-28(16-29,9-11-29)25-38-21(22-23(34)36-13-14-40(22)25)17-3-5-18(6-4-17)24(41)37-20-15-19(7-12-35-20)30(31,32)33/h3-7,12-15,24,41,43H,8-11,16H2,1-2H3,(H2,34,36)(H,35,37)(H,39,42). The fourth-order valence-electron chi connectivity index (χ4n) is 6.45. The number of nitrogens with two attached hydrogens (primary N) is 1. The van der Waals surface area contributed by atoms with Crippen LogP contribution in [0.25, 0.3) is 16.8 Å². The predicted octanol–water partition coefficient (Wildman–Crippen LogP) is 4.34. The average Bonchev–Trinajstić information content (AvgIpc) is 3.63. The van der Waals surface area contributed by atoms with E-state index in [1.54, 1.807) is 30.5 Å². The quantitative estimate of drug-likeness (QED) is 0.198. The van der Waals surface area contributed by atoms with E-state index in [4.69, 9.17) is 10.7 Å². The number of carbonyl (C=O) groups is 1. The minimum Gasteiger partial charge on any atom is -0.382 e. The lowest BCUT2D eigenvalue weighted by Gasteiger charge is -2.31. The van der Waals surface area contributed by atoms with E-state index in [0.717, 1.165) is 49.8 Å². The fourth-order valence-corrected chi connectivity index (χ4v) is 6.45. The first-order valence-electron chi connectivity index (χ1n) is 14.0. The predicted molar refractivity (Wildman–Crippen MR) is 153 cm³/mol. The van der Waals surface area contributed by atoms with Crippen molar-refractivity contribution in [2.75, 3.05) is 11.1 Å². The number of fused-ring (bicyclic) bond motifs is 3. The minimum atomic E-state index is -4.53. The third-order valence-electron chi connectivity index (χ3n) is 8.70. The summed E-state index contributed by atoms with van der Waals surface area (Å²) in [6.07, 6.45) is 2.45. The van der Waals surface area contributed by atoms with Crippen LogP contribution in [0.2, 0.25) is 0 Å². The van der Waals surface area contributed by atoms with Gasteiger partial charge >= 0.3 is 6.18 Å². The van der Waals surface area contributed by atoms with Crippen LogP contribution in [0, 0.1) is 0 Å². The Balaban J connectivity index is 1.29. The zero-order chi connectivity index (χ0) is 30.8. The number of nitrogens with one attached hydrogen (secondary N) is 2. The lowest BCUT2D eigenvalue weighted by Crippen LogP contribution is -2.52. The maximum absolute atomic E-state index is 13.1. The van der Waals surface area contributed by atoms with Gasteiger partial charge in [-0.15, -0.1) is 0 Å². The Morgan fingerprint density at radius 3 is 2.42 bits per heavy atom. The molecule has 13 heteroatoms. The SMILES string of the molecule is CC(C)(O)C(=O)NC12CCC(c3nc(-c4ccc(C(O)Nc5cc(C(F)(F)F)ccn5)cc4)c4c(N)nccn34)(CC1)C2. The third kappa shape index (κ3) is 5.16. The molecule has 2 saturated carbocycles. The number of halogens is 3. The molecule has 1 amide bonds. The number of carbonyl (C=O) groups excluding carboxylic acids is 1. The summed E-state index contributed by atoms with van der Waals surface area (Å²) in [4.78, 5) is 25.9. The van der Waals surface area contributed by atoms with Crippen molar-refractivity contribution in [1.29, 1.82) is 0 Å². The van der Waals surface area contributed by atoms with Gasteiger partial charge in [0.2, 0.25) is 0 Å². The van der Waals surface area contributed by atoms with Crippen LogP contribution in [0.1, 0.15) is 69.1 Å². The number of pyridine rings is 1. The van der Waals surface area contributed by atoms with E-state index in [9.17, 15) is 28.2 Å². The first kappa shape index (κ1) is 28.9. The highest BCUT2D eigenvalue weighted by Crippen LogP contribution is 2.57. The average molecular weight is 596 g/mol. The van der Waals surface area contributed by atoms with Gasteiger partial charge in [-0.2, -0.15) is 13.2 Å². The second-order valence-corrected chi connectivity index (χ2v) is 12.2. The van der Waals surface area contributed by atoms with Crippen LogP contribution in [-0.4, -0.2) is 46.6 Å². The summed E-state index contributed by atoms with van der Waals surface area (Å²) in [5, 5.41) is 26.6. The zero-order valence-corrected chi connectivity index (χ0v) is 23.6. The van der Waals surface area contributed by atoms with Crippen molar-refractivity contribution in [1.82, 2.24) is 24.7 Å². The summed E-state index contributed by atoms with van der Waals surface area (Å²) in [5.41, 5.74) is 5.65. The molecule has 6 rings (SSSR count). The lowest BCUT2D eigenvalue weighted by molar-refractivity contribution is -0.138. The van der Waals surface area contributed by atoms with E-state index in [0.29, 0.717) is 34.6 Å². The molecule has 4 aromatic rings. The summed E-state index contributed by atoms with van der Waals surface area (Å²) in [7, 11) is 0. The van der Waals surface area contributed by atoms with Crippen LogP contribution in [-0.2, 0) is 16.4 Å². The number of benzene rings is 1. The Kier molecular flexibility index (Phi) is 6.66. The highest BCUT2D eigenvalue weighted by atomic mass is 19.4. The van der Waals surface area contributed by atoms with E-state index in [1.807, 2.05) is 10.6 Å². The fraction of sp³-hybridized carbons (Fsp3) is 0.400. The van der Waals surface area contributed by atoms with E-state index in [2.05, 4.69) is 20.6 Å². The number of amides is 1. The molecule has 2 aliphatic rings. The largest absolute Gasteiger partial charge is 0.416 e. The number of hydrogen-bond donors (Lipinski definition) is 5. The maximum Gasteiger partial charge on any atom is 0.416 e. The van der Waals surface area contributed by atoms with Gasteiger partial charge in [-0.1, -0.05) is 24.3 Å². The molecule has 10 nitrogen and oxygen atoms in total. The first-order valence-corrected chi connectivity index (χ1v) is 14.0. The molecule has 0 spiro atoms. The molecule has 2 aliphatic carbocycles. The van der Waals surface area contributed by atoms with Crippen LogP contribution in [0.15, 0.2) is 55.0 Å². The molecule has 43 heavy (non-hydrogen) atoms. The van der Waals surface area contributed by atoms with E-state index < -0.39 is 35.0 Å². The van der Waals surface area contributed by atoms with E-state index >= 15 is 0 Å². The summed E-state index contributed by atoms with van der Waals surface area (Å²) >= 11 is 0. The van der Waals surface area contributed by atoms with Gasteiger partial charge in [-0.05, 0) is 58.1 Å². The van der Waals surface area contributed by atoms with Gasteiger partial charge in [-0.25, -0.2) is 15.0 Å². The molecule has 6 N–H and O–H groups in total. The lowest BCUT2D eigenvalue weighted by atomic mass is 9.83. The molecular weight excluding hydrogens is 563 g/mol. The molecule has 3 heterocycles. The van der Waals surface area contributed by atoms with Crippen LogP contribution in [0.4, 0.5) is 24.8 Å². The molecule has 1 unspecified atom stereocenters. The Bertz CT molecular complexity index is 1690. The molecule has 226 valence electrons. The smallest absolute Gasteiger partial charge is 0.382 e. The van der Waals surface area contributed by atoms with Gasteiger partial charge in [0.05, 0.1) is 5.56 Å². The topological polar surface area (TPSA) is 151 Å². The van der Waals surface area contributed by atoms with Gasteiger partial charge in [0, 0.05) is 40.7 Å². The summed E-state index contributed by atoms with van der Waals surface area (Å²) in [6, 6.07) is 8.51. The number of anilines is 2. The number of aliphatic hydroxyl groups is 2. The van der Waals surface area contributed by atoms with Gasteiger partial charge < -0.3 is 26.6 Å². The van der Waals surface area contributed by atoms with Gasteiger partial charge in [-0.3, -0.25) is 9.20 Å². The monoisotopic (exact) mass is 595 g/mol. The number of imidazole rings is 1. The summed E-state index contributed by atoms with van der Waals surface area (Å²) in [6.45, 7) is 2.95. The second-order valence-electron chi connectivity index (χ2n) is 12.2. The maximum atomic E-state index is 13.1. The van der Waals surface area contributed by atoms with Crippen LogP contribution in [0.5, 0.6) is 0 Å².